The summed E-state index contributed by atoms with van der Waals surface area (Å²) in [6.45, 7) is 4.14. The summed E-state index contributed by atoms with van der Waals surface area (Å²) in [7, 11) is 1.84. The van der Waals surface area contributed by atoms with Crippen LogP contribution >= 0.6 is 0 Å². The second-order valence-corrected chi connectivity index (χ2v) is 8.80. The average molecular weight is 349 g/mol. The number of carbonyl (C=O) groups excluding carboxylic acids is 1. The van der Waals surface area contributed by atoms with E-state index in [2.05, 4.69) is 5.32 Å². The first-order chi connectivity index (χ1) is 11.9. The van der Waals surface area contributed by atoms with Crippen molar-refractivity contribution in [1.82, 2.24) is 0 Å². The number of nitrogens with zero attached hydrogens (tertiary/aromatic N) is 1. The van der Waals surface area contributed by atoms with Gasteiger partial charge in [0.05, 0.1) is 18.1 Å². The van der Waals surface area contributed by atoms with Gasteiger partial charge in [0.25, 0.3) is 5.88 Å². The molecule has 2 fully saturated rings. The zero-order valence-electron chi connectivity index (χ0n) is 15.9. The topological polar surface area (TPSA) is 66.3 Å². The van der Waals surface area contributed by atoms with Crippen LogP contribution in [-0.4, -0.2) is 17.6 Å². The van der Waals surface area contributed by atoms with Crippen molar-refractivity contribution in [3.05, 3.63) is 11.8 Å². The Morgan fingerprint density at radius 3 is 2.64 bits per heavy atom. The van der Waals surface area contributed by atoms with Gasteiger partial charge in [0, 0.05) is 5.41 Å². The van der Waals surface area contributed by atoms with Crippen LogP contribution in [-0.2, 0) is 17.3 Å². The van der Waals surface area contributed by atoms with Crippen LogP contribution in [0.5, 0.6) is 0 Å². The number of hydrogen-bond acceptors (Lipinski definition) is 3. The number of aliphatic hydroxyl groups is 1. The van der Waals surface area contributed by atoms with Crippen molar-refractivity contribution in [3.8, 4) is 0 Å². The second-order valence-electron chi connectivity index (χ2n) is 8.80. The molecule has 5 nitrogen and oxygen atoms in total. The normalized spacial score (nSPS) is 20.0. The van der Waals surface area contributed by atoms with Crippen LogP contribution in [0, 0.1) is 11.3 Å². The largest absolute Gasteiger partial charge is 0.395 e. The van der Waals surface area contributed by atoms with E-state index in [9.17, 15) is 9.90 Å². The molecule has 0 atom stereocenters. The number of aromatic nitrogens is 1. The fourth-order valence-corrected chi connectivity index (χ4v) is 4.09. The Hall–Kier alpha value is -1.36. The van der Waals surface area contributed by atoms with Gasteiger partial charge in [-0.05, 0) is 29.9 Å². The quantitative estimate of drug-likeness (QED) is 0.707. The fraction of sp³-hybridized carbons (Fsp3) is 0.800. The highest BCUT2D eigenvalue weighted by Crippen LogP contribution is 2.42. The van der Waals surface area contributed by atoms with E-state index in [-0.39, 0.29) is 17.9 Å². The highest BCUT2D eigenvalue weighted by molar-refractivity contribution is 5.93. The molecular formula is C20H33N2O3+. The number of carbonyl (C=O) groups is 1. The summed E-state index contributed by atoms with van der Waals surface area (Å²) >= 11 is 0. The lowest BCUT2D eigenvalue weighted by Crippen LogP contribution is -2.47. The lowest BCUT2D eigenvalue weighted by Gasteiger charge is -2.35. The fourth-order valence-electron chi connectivity index (χ4n) is 4.09. The van der Waals surface area contributed by atoms with Gasteiger partial charge in [-0.25, -0.2) is 4.52 Å². The Bertz CT molecular complexity index is 607. The molecule has 1 aromatic rings. The Morgan fingerprint density at radius 2 is 2.12 bits per heavy atom. The van der Waals surface area contributed by atoms with Crippen molar-refractivity contribution in [2.75, 3.05) is 11.9 Å². The first-order valence-corrected chi connectivity index (χ1v) is 9.79. The van der Waals surface area contributed by atoms with Gasteiger partial charge in [-0.15, -0.1) is 0 Å². The highest BCUT2D eigenvalue weighted by Gasteiger charge is 2.47. The molecule has 0 aromatic carbocycles. The van der Waals surface area contributed by atoms with Crippen LogP contribution in [0.4, 0.5) is 5.88 Å². The maximum atomic E-state index is 12.7. The van der Waals surface area contributed by atoms with E-state index >= 15 is 0 Å². The van der Waals surface area contributed by atoms with E-state index in [4.69, 9.17) is 4.52 Å². The third kappa shape index (κ3) is 3.76. The number of anilines is 1. The molecule has 0 spiro atoms. The maximum absolute atomic E-state index is 12.7. The van der Waals surface area contributed by atoms with Gasteiger partial charge in [-0.3, -0.25) is 10.1 Å². The molecule has 2 aliphatic carbocycles. The zero-order chi connectivity index (χ0) is 18.1. The second kappa shape index (κ2) is 7.10. The molecule has 1 amide bonds. The number of amides is 1. The van der Waals surface area contributed by atoms with E-state index in [0.717, 1.165) is 43.7 Å². The average Bonchev–Trinajstić information content (AvgIpc) is 2.82. The van der Waals surface area contributed by atoms with Crippen LogP contribution in [0.1, 0.15) is 77.3 Å². The van der Waals surface area contributed by atoms with Crippen molar-refractivity contribution in [2.45, 2.75) is 77.0 Å². The lowest BCUT2D eigenvalue weighted by atomic mass is 9.67. The molecule has 2 saturated carbocycles. The minimum Gasteiger partial charge on any atom is -0.395 e. The Labute approximate surface area is 150 Å². The van der Waals surface area contributed by atoms with Crippen molar-refractivity contribution in [2.24, 2.45) is 18.4 Å². The number of nitrogens with one attached hydrogen (secondary N) is 1. The Balaban J connectivity index is 1.58. The van der Waals surface area contributed by atoms with Crippen LogP contribution in [0.25, 0.3) is 0 Å². The molecule has 0 bridgehead atoms. The molecule has 0 radical (unpaired) electrons. The molecule has 0 unspecified atom stereocenters. The highest BCUT2D eigenvalue weighted by atomic mass is 16.5. The maximum Gasteiger partial charge on any atom is 0.282 e. The molecule has 1 aromatic heterocycles. The monoisotopic (exact) mass is 349 g/mol. The number of aryl methyl sites for hydroxylation is 1. The molecule has 5 heteroatoms. The molecule has 0 aliphatic heterocycles. The Kier molecular flexibility index (Phi) is 5.24. The first kappa shape index (κ1) is 18.4. The summed E-state index contributed by atoms with van der Waals surface area (Å²) in [6.07, 6.45) is 10.4. The summed E-state index contributed by atoms with van der Waals surface area (Å²) in [5.74, 6) is 1.38. The van der Waals surface area contributed by atoms with Crippen molar-refractivity contribution in [1.29, 1.82) is 0 Å². The Morgan fingerprint density at radius 1 is 1.40 bits per heavy atom. The summed E-state index contributed by atoms with van der Waals surface area (Å²) in [5.41, 5.74) is 0.374. The van der Waals surface area contributed by atoms with Gasteiger partial charge in [0.2, 0.25) is 11.6 Å². The van der Waals surface area contributed by atoms with Gasteiger partial charge >= 0.3 is 0 Å². The smallest absolute Gasteiger partial charge is 0.282 e. The standard InChI is InChI=1S/C20H32N2O3/c1-19(2,10-5-9-15-7-4-8-15)18(24)21-17-13-16(22(3)25-17)20(14-23)11-6-12-20/h13,15,23H,4-12,14H2,1-3H3/p+1. The third-order valence-corrected chi connectivity index (χ3v) is 6.49. The zero-order valence-corrected chi connectivity index (χ0v) is 15.9. The van der Waals surface area contributed by atoms with E-state index < -0.39 is 5.41 Å². The van der Waals surface area contributed by atoms with Gasteiger partial charge in [0.1, 0.15) is 0 Å². The number of aliphatic hydroxyl groups excluding tert-OH is 1. The molecule has 140 valence electrons. The summed E-state index contributed by atoms with van der Waals surface area (Å²) in [4.78, 5) is 12.7. The van der Waals surface area contributed by atoms with E-state index in [0.29, 0.717) is 5.88 Å². The summed E-state index contributed by atoms with van der Waals surface area (Å²) in [5, 5.41) is 12.7. The minimum atomic E-state index is -0.402. The van der Waals surface area contributed by atoms with Gasteiger partial charge in [-0.2, -0.15) is 0 Å². The van der Waals surface area contributed by atoms with E-state index in [1.165, 1.54) is 25.7 Å². The molecular weight excluding hydrogens is 316 g/mol. The number of rotatable bonds is 8. The van der Waals surface area contributed by atoms with E-state index in [1.807, 2.05) is 27.0 Å². The summed E-state index contributed by atoms with van der Waals surface area (Å²) < 4.78 is 7.40. The van der Waals surface area contributed by atoms with Gasteiger partial charge in [-0.1, -0.05) is 52.4 Å². The van der Waals surface area contributed by atoms with Crippen molar-refractivity contribution in [3.63, 3.8) is 0 Å². The van der Waals surface area contributed by atoms with Crippen molar-refractivity contribution < 1.29 is 19.2 Å². The van der Waals surface area contributed by atoms with Gasteiger partial charge in [0.15, 0.2) is 7.05 Å². The SMILES string of the molecule is C[n+]1oc(NC(=O)C(C)(C)CCCC2CCC2)cc1C1(CO)CCC1. The van der Waals surface area contributed by atoms with Crippen LogP contribution in [0.15, 0.2) is 10.6 Å². The molecule has 2 aliphatic rings. The predicted octanol–water partition coefficient (Wildman–Crippen LogP) is 3.45. The van der Waals surface area contributed by atoms with Crippen molar-refractivity contribution >= 4 is 11.8 Å². The molecule has 0 saturated heterocycles. The van der Waals surface area contributed by atoms with Crippen LogP contribution < -0.4 is 10.1 Å². The van der Waals surface area contributed by atoms with E-state index in [1.54, 1.807) is 4.74 Å². The molecule has 2 N–H and O–H groups in total. The predicted molar refractivity (Wildman–Crippen MR) is 96.1 cm³/mol. The first-order valence-electron chi connectivity index (χ1n) is 9.79. The molecule has 1 heterocycles. The summed E-state index contributed by atoms with van der Waals surface area (Å²) in [6, 6.07) is 1.89. The third-order valence-electron chi connectivity index (χ3n) is 6.49. The minimum absolute atomic E-state index is 0.00803. The van der Waals surface area contributed by atoms with Crippen LogP contribution in [0.3, 0.4) is 0 Å². The van der Waals surface area contributed by atoms with Gasteiger partial charge < -0.3 is 5.11 Å². The van der Waals surface area contributed by atoms with Crippen LogP contribution in [0.2, 0.25) is 0 Å². The molecule has 3 rings (SSSR count). The number of hydrogen-bond donors (Lipinski definition) is 2. The molecule has 25 heavy (non-hydrogen) atoms. The lowest BCUT2D eigenvalue weighted by molar-refractivity contribution is -0.851.